The van der Waals surface area contributed by atoms with Crippen molar-refractivity contribution in [2.45, 2.75) is 19.3 Å². The molecule has 0 amide bonds. The van der Waals surface area contributed by atoms with Crippen molar-refractivity contribution in [2.24, 2.45) is 10.9 Å². The molecule has 0 aromatic carbocycles. The van der Waals surface area contributed by atoms with Crippen LogP contribution in [0.15, 0.2) is 29.6 Å². The van der Waals surface area contributed by atoms with E-state index >= 15 is 0 Å². The molecule has 3 aromatic rings. The number of aliphatic imine (C=N–C) groups is 1. The lowest BCUT2D eigenvalue weighted by Gasteiger charge is -2.05. The Morgan fingerprint density at radius 1 is 1.44 bits per heavy atom. The Morgan fingerprint density at radius 2 is 2.32 bits per heavy atom. The lowest BCUT2D eigenvalue weighted by Crippen LogP contribution is -2.06. The van der Waals surface area contributed by atoms with E-state index in [2.05, 4.69) is 24.9 Å². The molecule has 1 saturated carbocycles. The van der Waals surface area contributed by atoms with Crippen molar-refractivity contribution in [3.63, 3.8) is 0 Å². The summed E-state index contributed by atoms with van der Waals surface area (Å²) in [7, 11) is 0. The Balaban J connectivity index is 1.43. The molecule has 1 aliphatic carbocycles. The molecular formula is C17H17ClN6O. The molecule has 1 fully saturated rings. The predicted octanol–water partition coefficient (Wildman–Crippen LogP) is 3.64. The van der Waals surface area contributed by atoms with Crippen LogP contribution in [-0.2, 0) is 11.2 Å². The lowest BCUT2D eigenvalue weighted by molar-refractivity contribution is 0.285. The highest BCUT2D eigenvalue weighted by molar-refractivity contribution is 6.33. The first-order valence-corrected chi connectivity index (χ1v) is 8.48. The second-order valence-electron chi connectivity index (χ2n) is 6.06. The average Bonchev–Trinajstić information content (AvgIpc) is 3.14. The molecule has 3 heterocycles. The van der Waals surface area contributed by atoms with Crippen LogP contribution in [0.3, 0.4) is 0 Å². The van der Waals surface area contributed by atoms with Crippen LogP contribution in [0.4, 0.5) is 5.82 Å². The summed E-state index contributed by atoms with van der Waals surface area (Å²) in [5.41, 5.74) is 2.32. The molecule has 7 nitrogen and oxygen atoms in total. The second kappa shape index (κ2) is 6.68. The summed E-state index contributed by atoms with van der Waals surface area (Å²) in [6.07, 6.45) is 7.94. The molecule has 3 N–H and O–H groups in total. The van der Waals surface area contributed by atoms with Crippen LogP contribution in [0.5, 0.6) is 0 Å². The first kappa shape index (κ1) is 15.8. The SMILES string of the molecule is N=C(OCC1CC1)c1cc[nH]c1/N=C\Cc1cc2c(Cl)ncnc2[nH]1. The van der Waals surface area contributed by atoms with Crippen molar-refractivity contribution >= 4 is 40.6 Å². The minimum absolute atomic E-state index is 0.160. The highest BCUT2D eigenvalue weighted by Gasteiger charge is 2.23. The van der Waals surface area contributed by atoms with Crippen LogP contribution in [0.2, 0.25) is 5.15 Å². The molecule has 4 rings (SSSR count). The second-order valence-corrected chi connectivity index (χ2v) is 6.42. The summed E-state index contributed by atoms with van der Waals surface area (Å²) >= 11 is 6.05. The molecule has 0 saturated heterocycles. The van der Waals surface area contributed by atoms with Gasteiger partial charge in [-0.1, -0.05) is 11.6 Å². The molecule has 0 bridgehead atoms. The topological polar surface area (TPSA) is 103 Å². The number of hydrogen-bond donors (Lipinski definition) is 3. The van der Waals surface area contributed by atoms with E-state index in [1.165, 1.54) is 19.2 Å². The van der Waals surface area contributed by atoms with Crippen LogP contribution in [0.25, 0.3) is 11.0 Å². The number of rotatable bonds is 6. The maximum absolute atomic E-state index is 8.05. The first-order chi connectivity index (χ1) is 12.2. The zero-order valence-corrected chi connectivity index (χ0v) is 14.2. The highest BCUT2D eigenvalue weighted by Crippen LogP contribution is 2.29. The Hall–Kier alpha value is -2.67. The van der Waals surface area contributed by atoms with E-state index < -0.39 is 0 Å². The minimum Gasteiger partial charge on any atom is -0.477 e. The third-order valence-electron chi connectivity index (χ3n) is 4.09. The van der Waals surface area contributed by atoms with Gasteiger partial charge in [0, 0.05) is 24.5 Å². The van der Waals surface area contributed by atoms with Gasteiger partial charge in [0.1, 0.15) is 22.9 Å². The van der Waals surface area contributed by atoms with Crippen molar-refractivity contribution in [3.8, 4) is 0 Å². The summed E-state index contributed by atoms with van der Waals surface area (Å²) in [5, 5.41) is 9.28. The van der Waals surface area contributed by atoms with E-state index in [1.54, 1.807) is 18.5 Å². The molecule has 0 atom stereocenters. The van der Waals surface area contributed by atoms with Crippen molar-refractivity contribution < 1.29 is 4.74 Å². The number of nitrogens with one attached hydrogen (secondary N) is 3. The van der Waals surface area contributed by atoms with Gasteiger partial charge in [-0.15, -0.1) is 0 Å². The maximum Gasteiger partial charge on any atom is 0.217 e. The van der Waals surface area contributed by atoms with Crippen LogP contribution < -0.4 is 0 Å². The van der Waals surface area contributed by atoms with Crippen LogP contribution in [0, 0.1) is 11.3 Å². The number of halogens is 1. The standard InChI is InChI=1S/C17H17ClN6O/c18-14-13-7-11(24-17(13)23-9-22-14)3-5-20-16-12(4-6-21-16)15(19)25-8-10-1-2-10/h4-7,9-10,19,21H,1-3,8H2,(H,22,23,24)/b19-15?,20-5-. The number of ether oxygens (including phenoxy) is 1. The molecule has 1 aliphatic rings. The van der Waals surface area contributed by atoms with E-state index in [1.807, 2.05) is 6.07 Å². The number of H-pyrrole nitrogens is 2. The molecule has 25 heavy (non-hydrogen) atoms. The first-order valence-electron chi connectivity index (χ1n) is 8.10. The fourth-order valence-corrected chi connectivity index (χ4v) is 2.71. The summed E-state index contributed by atoms with van der Waals surface area (Å²) in [5.74, 6) is 1.39. The average molecular weight is 357 g/mol. The maximum atomic E-state index is 8.05. The van der Waals surface area contributed by atoms with E-state index in [-0.39, 0.29) is 5.90 Å². The van der Waals surface area contributed by atoms with Gasteiger partial charge in [-0.25, -0.2) is 15.0 Å². The zero-order valence-electron chi connectivity index (χ0n) is 13.4. The van der Waals surface area contributed by atoms with E-state index in [0.29, 0.717) is 41.1 Å². The van der Waals surface area contributed by atoms with Gasteiger partial charge in [-0.05, 0) is 30.9 Å². The van der Waals surface area contributed by atoms with Crippen molar-refractivity contribution in [1.82, 2.24) is 19.9 Å². The van der Waals surface area contributed by atoms with Gasteiger partial charge in [0.05, 0.1) is 17.6 Å². The minimum atomic E-state index is 0.160. The van der Waals surface area contributed by atoms with Gasteiger partial charge in [0.15, 0.2) is 0 Å². The van der Waals surface area contributed by atoms with Gasteiger partial charge in [-0.2, -0.15) is 0 Å². The lowest BCUT2D eigenvalue weighted by atomic mass is 10.3. The monoisotopic (exact) mass is 356 g/mol. The van der Waals surface area contributed by atoms with Gasteiger partial charge >= 0.3 is 0 Å². The van der Waals surface area contributed by atoms with Gasteiger partial charge in [-0.3, -0.25) is 5.41 Å². The molecule has 128 valence electrons. The fourth-order valence-electron chi connectivity index (χ4n) is 2.52. The van der Waals surface area contributed by atoms with Crippen molar-refractivity contribution in [3.05, 3.63) is 41.1 Å². The molecular weight excluding hydrogens is 340 g/mol. The summed E-state index contributed by atoms with van der Waals surface area (Å²) in [6, 6.07) is 3.72. The molecule has 8 heteroatoms. The highest BCUT2D eigenvalue weighted by atomic mass is 35.5. The number of fused-ring (bicyclic) bond motifs is 1. The van der Waals surface area contributed by atoms with Gasteiger partial charge in [0.25, 0.3) is 0 Å². The molecule has 0 unspecified atom stereocenters. The van der Waals surface area contributed by atoms with Crippen molar-refractivity contribution in [1.29, 1.82) is 5.41 Å². The summed E-state index contributed by atoms with van der Waals surface area (Å²) in [4.78, 5) is 18.8. The third-order valence-corrected chi connectivity index (χ3v) is 4.40. The Bertz CT molecular complexity index is 940. The summed E-state index contributed by atoms with van der Waals surface area (Å²) < 4.78 is 5.52. The van der Waals surface area contributed by atoms with Crippen LogP contribution in [0.1, 0.15) is 24.1 Å². The molecule has 3 aromatic heterocycles. The largest absolute Gasteiger partial charge is 0.477 e. The fraction of sp³-hybridized carbons (Fsp3) is 0.294. The number of hydrogen-bond acceptors (Lipinski definition) is 5. The zero-order chi connectivity index (χ0) is 17.2. The quantitative estimate of drug-likeness (QED) is 0.357. The van der Waals surface area contributed by atoms with E-state index in [9.17, 15) is 0 Å². The Morgan fingerprint density at radius 3 is 3.12 bits per heavy atom. The number of aromatic nitrogens is 4. The number of aromatic amines is 2. The predicted molar refractivity (Wildman–Crippen MR) is 97.1 cm³/mol. The van der Waals surface area contributed by atoms with Gasteiger partial charge in [0.2, 0.25) is 5.90 Å². The Labute approximate surface area is 149 Å². The normalized spacial score (nSPS) is 14.4. The van der Waals surface area contributed by atoms with E-state index in [0.717, 1.165) is 11.1 Å². The number of nitrogens with zero attached hydrogens (tertiary/aromatic N) is 3. The van der Waals surface area contributed by atoms with Crippen LogP contribution >= 0.6 is 11.6 Å². The molecule has 0 radical (unpaired) electrons. The third kappa shape index (κ3) is 3.56. The molecule has 0 aliphatic heterocycles. The summed E-state index contributed by atoms with van der Waals surface area (Å²) in [6.45, 7) is 0.615. The van der Waals surface area contributed by atoms with E-state index in [4.69, 9.17) is 21.7 Å². The molecule has 0 spiro atoms. The smallest absolute Gasteiger partial charge is 0.217 e. The van der Waals surface area contributed by atoms with Gasteiger partial charge < -0.3 is 14.7 Å². The van der Waals surface area contributed by atoms with Crippen molar-refractivity contribution in [2.75, 3.05) is 6.61 Å². The van der Waals surface area contributed by atoms with Crippen LogP contribution in [-0.4, -0.2) is 38.7 Å². The Kier molecular flexibility index (Phi) is 4.23.